The Labute approximate surface area is 205 Å². The van der Waals surface area contributed by atoms with Crippen molar-refractivity contribution in [1.82, 2.24) is 9.72 Å². The summed E-state index contributed by atoms with van der Waals surface area (Å²) in [6.45, 7) is 0. The van der Waals surface area contributed by atoms with Crippen LogP contribution in [0.15, 0.2) is 99.3 Å². The number of benzene rings is 3. The SMILES string of the molecule is COc1ccc(-c2ccc(Cl)cc2)cc1-n1c(=O)ccc2cc(S(=O)(=O)Nc3ccon3)ccc21. The second-order valence-corrected chi connectivity index (χ2v) is 9.73. The Morgan fingerprint density at radius 3 is 2.43 bits per heavy atom. The first-order chi connectivity index (χ1) is 16.9. The highest BCUT2D eigenvalue weighted by Crippen LogP contribution is 2.31. The van der Waals surface area contributed by atoms with Crippen molar-refractivity contribution < 1.29 is 17.7 Å². The highest BCUT2D eigenvalue weighted by molar-refractivity contribution is 7.92. The smallest absolute Gasteiger partial charge is 0.263 e. The maximum absolute atomic E-state index is 13.0. The summed E-state index contributed by atoms with van der Waals surface area (Å²) in [6, 6.07) is 21.7. The fourth-order valence-corrected chi connectivity index (χ4v) is 4.94. The van der Waals surface area contributed by atoms with Crippen molar-refractivity contribution in [2.75, 3.05) is 11.8 Å². The first kappa shape index (κ1) is 22.7. The van der Waals surface area contributed by atoms with E-state index in [0.29, 0.717) is 27.4 Å². The Morgan fingerprint density at radius 1 is 0.943 bits per heavy atom. The maximum Gasteiger partial charge on any atom is 0.263 e. The van der Waals surface area contributed by atoms with E-state index >= 15 is 0 Å². The standard InChI is InChI=1S/C25H18ClN3O5S/c1-33-23-10-4-17(16-2-6-19(26)7-3-16)15-22(23)29-21-9-8-20(14-18(21)5-11-25(29)30)35(31,32)28-24-12-13-34-27-24/h2-15H,1H3,(H,27,28). The minimum absolute atomic E-state index is 0.0140. The van der Waals surface area contributed by atoms with Crippen LogP contribution in [0, 0.1) is 0 Å². The van der Waals surface area contributed by atoms with E-state index < -0.39 is 10.0 Å². The lowest BCUT2D eigenvalue weighted by Gasteiger charge is -2.16. The minimum atomic E-state index is -3.92. The number of sulfonamides is 1. The van der Waals surface area contributed by atoms with E-state index in [1.165, 1.54) is 42.2 Å². The number of anilines is 1. The molecule has 5 aromatic rings. The molecule has 176 valence electrons. The largest absolute Gasteiger partial charge is 0.495 e. The van der Waals surface area contributed by atoms with Gasteiger partial charge in [-0.05, 0) is 59.7 Å². The quantitative estimate of drug-likeness (QED) is 0.342. The summed E-state index contributed by atoms with van der Waals surface area (Å²) in [6.07, 6.45) is 1.27. The molecule has 0 bridgehead atoms. The van der Waals surface area contributed by atoms with E-state index in [4.69, 9.17) is 16.3 Å². The lowest BCUT2D eigenvalue weighted by atomic mass is 10.0. The molecule has 3 aromatic carbocycles. The number of aromatic nitrogens is 2. The molecule has 0 unspecified atom stereocenters. The van der Waals surface area contributed by atoms with Gasteiger partial charge in [0.15, 0.2) is 5.82 Å². The normalized spacial score (nSPS) is 11.5. The third-order valence-corrected chi connectivity index (χ3v) is 7.05. The average Bonchev–Trinajstić information content (AvgIpc) is 3.36. The average molecular weight is 508 g/mol. The molecule has 0 aliphatic rings. The fourth-order valence-electron chi connectivity index (χ4n) is 3.79. The van der Waals surface area contributed by atoms with Gasteiger partial charge >= 0.3 is 0 Å². The highest BCUT2D eigenvalue weighted by atomic mass is 35.5. The Kier molecular flexibility index (Phi) is 5.80. The first-order valence-electron chi connectivity index (χ1n) is 10.4. The van der Waals surface area contributed by atoms with Crippen molar-refractivity contribution in [3.63, 3.8) is 0 Å². The number of halogens is 1. The topological polar surface area (TPSA) is 103 Å². The highest BCUT2D eigenvalue weighted by Gasteiger charge is 2.18. The Bertz CT molecular complexity index is 1700. The van der Waals surface area contributed by atoms with Crippen LogP contribution in [0.25, 0.3) is 27.7 Å². The van der Waals surface area contributed by atoms with Crippen molar-refractivity contribution in [3.8, 4) is 22.6 Å². The molecule has 0 saturated heterocycles. The number of fused-ring (bicyclic) bond motifs is 1. The van der Waals surface area contributed by atoms with E-state index in [1.54, 1.807) is 30.3 Å². The zero-order chi connectivity index (χ0) is 24.6. The van der Waals surface area contributed by atoms with Crippen LogP contribution in [-0.4, -0.2) is 25.3 Å². The van der Waals surface area contributed by atoms with Crippen LogP contribution in [0.4, 0.5) is 5.82 Å². The molecule has 2 heterocycles. The van der Waals surface area contributed by atoms with Crippen LogP contribution in [0.5, 0.6) is 5.75 Å². The van der Waals surface area contributed by atoms with Gasteiger partial charge in [0.1, 0.15) is 12.0 Å². The molecule has 0 radical (unpaired) electrons. The molecule has 0 aliphatic carbocycles. The summed E-state index contributed by atoms with van der Waals surface area (Å²) in [4.78, 5) is 13.0. The molecule has 1 N–H and O–H groups in total. The van der Waals surface area contributed by atoms with Crippen LogP contribution in [-0.2, 0) is 10.0 Å². The van der Waals surface area contributed by atoms with Gasteiger partial charge < -0.3 is 9.26 Å². The van der Waals surface area contributed by atoms with E-state index in [9.17, 15) is 13.2 Å². The molecule has 35 heavy (non-hydrogen) atoms. The van der Waals surface area contributed by atoms with Gasteiger partial charge in [0.2, 0.25) is 0 Å². The summed E-state index contributed by atoms with van der Waals surface area (Å²) in [5.41, 5.74) is 2.52. The molecule has 0 saturated carbocycles. The zero-order valence-corrected chi connectivity index (χ0v) is 19.9. The summed E-state index contributed by atoms with van der Waals surface area (Å²) < 4.78 is 39.7. The van der Waals surface area contributed by atoms with E-state index in [-0.39, 0.29) is 16.3 Å². The van der Waals surface area contributed by atoms with E-state index in [2.05, 4.69) is 14.4 Å². The van der Waals surface area contributed by atoms with Crippen LogP contribution >= 0.6 is 11.6 Å². The Morgan fingerprint density at radius 2 is 1.71 bits per heavy atom. The monoisotopic (exact) mass is 507 g/mol. The molecule has 0 amide bonds. The summed E-state index contributed by atoms with van der Waals surface area (Å²) in [5.74, 6) is 0.556. The van der Waals surface area contributed by atoms with Crippen molar-refractivity contribution >= 4 is 38.3 Å². The Balaban J connectivity index is 1.65. The molecule has 0 aliphatic heterocycles. The second-order valence-electron chi connectivity index (χ2n) is 7.61. The lowest BCUT2D eigenvalue weighted by Crippen LogP contribution is -2.19. The molecule has 10 heteroatoms. The third kappa shape index (κ3) is 4.39. The van der Waals surface area contributed by atoms with Gasteiger partial charge in [-0.3, -0.25) is 14.1 Å². The third-order valence-electron chi connectivity index (χ3n) is 5.45. The number of ether oxygens (including phenoxy) is 1. The van der Waals surface area contributed by atoms with Crippen molar-refractivity contribution in [3.05, 3.63) is 101 Å². The molecule has 0 fully saturated rings. The van der Waals surface area contributed by atoms with Gasteiger partial charge in [-0.1, -0.05) is 35.0 Å². The molecule has 0 spiro atoms. The lowest BCUT2D eigenvalue weighted by molar-refractivity contribution is 0.413. The predicted octanol–water partition coefficient (Wildman–Crippen LogP) is 5.11. The van der Waals surface area contributed by atoms with Crippen molar-refractivity contribution in [1.29, 1.82) is 0 Å². The van der Waals surface area contributed by atoms with Crippen molar-refractivity contribution in [2.24, 2.45) is 0 Å². The second kappa shape index (κ2) is 8.94. The maximum atomic E-state index is 13.0. The zero-order valence-electron chi connectivity index (χ0n) is 18.3. The minimum Gasteiger partial charge on any atom is -0.495 e. The van der Waals surface area contributed by atoms with Crippen LogP contribution in [0.2, 0.25) is 5.02 Å². The van der Waals surface area contributed by atoms with Gasteiger partial charge in [-0.2, -0.15) is 0 Å². The predicted molar refractivity (Wildman–Crippen MR) is 134 cm³/mol. The van der Waals surface area contributed by atoms with E-state index in [1.807, 2.05) is 24.3 Å². The summed E-state index contributed by atoms with van der Waals surface area (Å²) >= 11 is 6.02. The first-order valence-corrected chi connectivity index (χ1v) is 12.3. The van der Waals surface area contributed by atoms with Gasteiger partial charge in [-0.25, -0.2) is 8.42 Å². The molecule has 0 atom stereocenters. The van der Waals surface area contributed by atoms with Gasteiger partial charge in [0.05, 0.1) is 23.2 Å². The van der Waals surface area contributed by atoms with Crippen LogP contribution < -0.4 is 15.0 Å². The van der Waals surface area contributed by atoms with Crippen molar-refractivity contribution in [2.45, 2.75) is 4.90 Å². The number of hydrogen-bond donors (Lipinski definition) is 1. The number of hydrogen-bond acceptors (Lipinski definition) is 6. The van der Waals surface area contributed by atoms with Gasteiger partial charge in [0.25, 0.3) is 15.6 Å². The molecule has 8 nitrogen and oxygen atoms in total. The fraction of sp³-hybridized carbons (Fsp3) is 0.0400. The summed E-state index contributed by atoms with van der Waals surface area (Å²) in [5, 5.41) is 4.75. The van der Waals surface area contributed by atoms with Gasteiger partial charge in [0, 0.05) is 22.5 Å². The molecular formula is C25H18ClN3O5S. The Hall–Kier alpha value is -4.08. The number of pyridine rings is 1. The number of nitrogens with one attached hydrogen (secondary N) is 1. The summed E-state index contributed by atoms with van der Waals surface area (Å²) in [7, 11) is -2.39. The van der Waals surface area contributed by atoms with Gasteiger partial charge in [-0.15, -0.1) is 0 Å². The van der Waals surface area contributed by atoms with E-state index in [0.717, 1.165) is 11.1 Å². The number of nitrogens with zero attached hydrogens (tertiary/aromatic N) is 2. The number of rotatable bonds is 6. The molecule has 2 aromatic heterocycles. The number of methoxy groups -OCH3 is 1. The molecular weight excluding hydrogens is 490 g/mol. The van der Waals surface area contributed by atoms with Crippen LogP contribution in [0.3, 0.4) is 0 Å². The van der Waals surface area contributed by atoms with Crippen LogP contribution in [0.1, 0.15) is 0 Å². The molecule has 5 rings (SSSR count).